The molecule has 0 spiro atoms. The van der Waals surface area contributed by atoms with Gasteiger partial charge in [-0.05, 0) is 30.7 Å². The summed E-state index contributed by atoms with van der Waals surface area (Å²) in [6, 6.07) is 12.3. The maximum Gasteiger partial charge on any atom is 0.132 e. The highest BCUT2D eigenvalue weighted by Crippen LogP contribution is 2.21. The Kier molecular flexibility index (Phi) is 3.70. The van der Waals surface area contributed by atoms with Crippen LogP contribution in [0.3, 0.4) is 0 Å². The van der Waals surface area contributed by atoms with E-state index in [9.17, 15) is 4.39 Å². The fourth-order valence-electron chi connectivity index (χ4n) is 1.61. The number of rotatable bonds is 4. The van der Waals surface area contributed by atoms with Gasteiger partial charge in [0.1, 0.15) is 11.6 Å². The van der Waals surface area contributed by atoms with E-state index in [4.69, 9.17) is 0 Å². The topological polar surface area (TPSA) is 24.9 Å². The van der Waals surface area contributed by atoms with E-state index in [1.807, 2.05) is 24.3 Å². The molecule has 2 aromatic rings. The second kappa shape index (κ2) is 5.43. The van der Waals surface area contributed by atoms with Gasteiger partial charge in [0.2, 0.25) is 0 Å². The first-order chi connectivity index (χ1) is 8.31. The Morgan fingerprint density at radius 1 is 1.12 bits per heavy atom. The molecule has 0 aliphatic carbocycles. The first-order valence-electron chi connectivity index (χ1n) is 5.77. The average molecular weight is 230 g/mol. The van der Waals surface area contributed by atoms with Crippen LogP contribution in [-0.4, -0.2) is 11.5 Å². The summed E-state index contributed by atoms with van der Waals surface area (Å²) in [5.74, 6) is 0.542. The highest BCUT2D eigenvalue weighted by molar-refractivity contribution is 5.61. The number of nitrogens with one attached hydrogen (secondary N) is 1. The minimum atomic E-state index is -0.243. The van der Waals surface area contributed by atoms with Gasteiger partial charge >= 0.3 is 0 Å². The van der Waals surface area contributed by atoms with Crippen molar-refractivity contribution in [2.75, 3.05) is 11.9 Å². The molecule has 2 nitrogen and oxygen atoms in total. The molecule has 88 valence electrons. The molecule has 0 aliphatic rings. The number of halogens is 1. The molecule has 0 saturated heterocycles. The fourth-order valence-corrected chi connectivity index (χ4v) is 1.61. The number of hydrogen-bond acceptors (Lipinski definition) is 2. The molecule has 3 heteroatoms. The van der Waals surface area contributed by atoms with Crippen LogP contribution in [-0.2, 0) is 0 Å². The van der Waals surface area contributed by atoms with E-state index in [0.29, 0.717) is 11.3 Å². The van der Waals surface area contributed by atoms with Crippen molar-refractivity contribution in [1.82, 2.24) is 4.98 Å². The van der Waals surface area contributed by atoms with Gasteiger partial charge in [0, 0.05) is 12.1 Å². The summed E-state index contributed by atoms with van der Waals surface area (Å²) < 4.78 is 13.6. The lowest BCUT2D eigenvalue weighted by Gasteiger charge is -2.07. The van der Waals surface area contributed by atoms with E-state index in [1.165, 1.54) is 6.07 Å². The van der Waals surface area contributed by atoms with Gasteiger partial charge in [-0.3, -0.25) is 0 Å². The molecule has 2 rings (SSSR count). The molecule has 0 aliphatic heterocycles. The van der Waals surface area contributed by atoms with Crippen molar-refractivity contribution in [1.29, 1.82) is 0 Å². The monoisotopic (exact) mass is 230 g/mol. The molecule has 1 N–H and O–H groups in total. The third kappa shape index (κ3) is 2.81. The molecule has 1 aromatic heterocycles. The number of nitrogens with zero attached hydrogens (tertiary/aromatic N) is 1. The molecule has 0 bridgehead atoms. The number of benzene rings is 1. The van der Waals surface area contributed by atoms with E-state index in [1.54, 1.807) is 12.1 Å². The lowest BCUT2D eigenvalue weighted by molar-refractivity contribution is 0.631. The van der Waals surface area contributed by atoms with Gasteiger partial charge < -0.3 is 5.32 Å². The van der Waals surface area contributed by atoms with Crippen LogP contribution < -0.4 is 5.32 Å². The van der Waals surface area contributed by atoms with Crippen LogP contribution in [0.5, 0.6) is 0 Å². The first-order valence-corrected chi connectivity index (χ1v) is 5.77. The molecule has 0 fully saturated rings. The molecule has 0 amide bonds. The Hall–Kier alpha value is -1.90. The lowest BCUT2D eigenvalue weighted by Crippen LogP contribution is -2.02. The summed E-state index contributed by atoms with van der Waals surface area (Å²) in [7, 11) is 0. The van der Waals surface area contributed by atoms with E-state index >= 15 is 0 Å². The Balaban J connectivity index is 2.30. The smallest absolute Gasteiger partial charge is 0.132 e. The zero-order chi connectivity index (χ0) is 12.1. The summed E-state index contributed by atoms with van der Waals surface area (Å²) in [4.78, 5) is 4.39. The van der Waals surface area contributed by atoms with E-state index in [0.717, 1.165) is 18.8 Å². The minimum Gasteiger partial charge on any atom is -0.370 e. The van der Waals surface area contributed by atoms with Crippen molar-refractivity contribution in [3.63, 3.8) is 0 Å². The Labute approximate surface area is 101 Å². The van der Waals surface area contributed by atoms with E-state index < -0.39 is 0 Å². The molecule has 0 radical (unpaired) electrons. The van der Waals surface area contributed by atoms with Crippen molar-refractivity contribution in [3.05, 3.63) is 48.3 Å². The SMILES string of the molecule is CCCNc1cccc(-c2ccccc2F)n1. The first kappa shape index (κ1) is 11.6. The van der Waals surface area contributed by atoms with Gasteiger partial charge in [-0.2, -0.15) is 0 Å². The van der Waals surface area contributed by atoms with Crippen molar-refractivity contribution < 1.29 is 4.39 Å². The number of aromatic nitrogens is 1. The predicted octanol–water partition coefficient (Wildman–Crippen LogP) is 3.71. The van der Waals surface area contributed by atoms with Crippen LogP contribution in [0, 0.1) is 5.82 Å². The Morgan fingerprint density at radius 3 is 2.71 bits per heavy atom. The molecule has 0 atom stereocenters. The maximum absolute atomic E-state index is 13.6. The molecular formula is C14H15FN2. The summed E-state index contributed by atoms with van der Waals surface area (Å²) in [6.45, 7) is 2.96. The molecule has 0 unspecified atom stereocenters. The van der Waals surface area contributed by atoms with Gasteiger partial charge in [-0.15, -0.1) is 0 Å². The molecular weight excluding hydrogens is 215 g/mol. The zero-order valence-electron chi connectivity index (χ0n) is 9.78. The molecule has 0 saturated carbocycles. The molecule has 1 heterocycles. The summed E-state index contributed by atoms with van der Waals surface area (Å²) >= 11 is 0. The summed E-state index contributed by atoms with van der Waals surface area (Å²) in [5, 5.41) is 3.19. The van der Waals surface area contributed by atoms with E-state index in [-0.39, 0.29) is 5.82 Å². The fraction of sp³-hybridized carbons (Fsp3) is 0.214. The van der Waals surface area contributed by atoms with Gasteiger partial charge in [0.15, 0.2) is 0 Å². The minimum absolute atomic E-state index is 0.243. The summed E-state index contributed by atoms with van der Waals surface area (Å²) in [6.07, 6.45) is 1.03. The quantitative estimate of drug-likeness (QED) is 0.866. The Morgan fingerprint density at radius 2 is 1.94 bits per heavy atom. The Bertz CT molecular complexity index is 497. The zero-order valence-corrected chi connectivity index (χ0v) is 9.78. The van der Waals surface area contributed by atoms with Crippen molar-refractivity contribution >= 4 is 5.82 Å². The van der Waals surface area contributed by atoms with Crippen LogP contribution in [0.1, 0.15) is 13.3 Å². The second-order valence-electron chi connectivity index (χ2n) is 3.81. The van der Waals surface area contributed by atoms with Crippen LogP contribution in [0.4, 0.5) is 10.2 Å². The number of hydrogen-bond donors (Lipinski definition) is 1. The highest BCUT2D eigenvalue weighted by Gasteiger charge is 2.05. The second-order valence-corrected chi connectivity index (χ2v) is 3.81. The molecule has 1 aromatic carbocycles. The number of anilines is 1. The van der Waals surface area contributed by atoms with Gasteiger partial charge in [0.25, 0.3) is 0 Å². The predicted molar refractivity (Wildman–Crippen MR) is 68.4 cm³/mol. The van der Waals surface area contributed by atoms with Gasteiger partial charge in [0.05, 0.1) is 5.69 Å². The maximum atomic E-state index is 13.6. The normalized spacial score (nSPS) is 10.2. The van der Waals surface area contributed by atoms with Gasteiger partial charge in [-0.1, -0.05) is 25.1 Å². The third-order valence-corrected chi connectivity index (χ3v) is 2.46. The standard InChI is InChI=1S/C14H15FN2/c1-2-10-16-14-9-5-8-13(17-14)11-6-3-4-7-12(11)15/h3-9H,2,10H2,1H3,(H,16,17). The van der Waals surface area contributed by atoms with Crippen LogP contribution in [0.2, 0.25) is 0 Å². The van der Waals surface area contributed by atoms with Crippen molar-refractivity contribution in [2.45, 2.75) is 13.3 Å². The average Bonchev–Trinajstić information content (AvgIpc) is 2.37. The summed E-state index contributed by atoms with van der Waals surface area (Å²) in [5.41, 5.74) is 1.19. The highest BCUT2D eigenvalue weighted by atomic mass is 19.1. The van der Waals surface area contributed by atoms with Crippen LogP contribution in [0.25, 0.3) is 11.3 Å². The van der Waals surface area contributed by atoms with Crippen LogP contribution >= 0.6 is 0 Å². The largest absolute Gasteiger partial charge is 0.370 e. The number of pyridine rings is 1. The van der Waals surface area contributed by atoms with Gasteiger partial charge in [-0.25, -0.2) is 9.37 Å². The third-order valence-electron chi connectivity index (χ3n) is 2.46. The molecule has 17 heavy (non-hydrogen) atoms. The van der Waals surface area contributed by atoms with Crippen molar-refractivity contribution in [3.8, 4) is 11.3 Å². The lowest BCUT2D eigenvalue weighted by atomic mass is 10.1. The van der Waals surface area contributed by atoms with E-state index in [2.05, 4.69) is 17.2 Å². The van der Waals surface area contributed by atoms with Crippen LogP contribution in [0.15, 0.2) is 42.5 Å². The van der Waals surface area contributed by atoms with Crippen molar-refractivity contribution in [2.24, 2.45) is 0 Å².